The van der Waals surface area contributed by atoms with Gasteiger partial charge in [-0.2, -0.15) is 0 Å². The van der Waals surface area contributed by atoms with E-state index in [1.165, 1.54) is 12.1 Å². The number of anilines is 1. The average molecular weight is 268 g/mol. The zero-order valence-corrected chi connectivity index (χ0v) is 11.4. The fourth-order valence-electron chi connectivity index (χ4n) is 2.05. The highest BCUT2D eigenvalue weighted by Gasteiger charge is 2.20. The molecule has 2 N–H and O–H groups in total. The number of aliphatic hydroxyl groups excluding tert-OH is 1. The third kappa shape index (κ3) is 4.52. The second-order valence-electron chi connectivity index (χ2n) is 4.33. The average Bonchev–Trinajstić information content (AvgIpc) is 2.39. The van der Waals surface area contributed by atoms with Crippen molar-refractivity contribution in [1.82, 2.24) is 4.90 Å². The highest BCUT2D eigenvalue weighted by atomic mass is 19.1. The van der Waals surface area contributed by atoms with Crippen LogP contribution in [0.15, 0.2) is 24.3 Å². The first kappa shape index (κ1) is 15.4. The lowest BCUT2D eigenvalue weighted by molar-refractivity contribution is 0.158. The van der Waals surface area contributed by atoms with Crippen LogP contribution in [0.3, 0.4) is 0 Å². The lowest BCUT2D eigenvalue weighted by atomic mass is 10.1. The van der Waals surface area contributed by atoms with Crippen molar-refractivity contribution in [2.45, 2.75) is 32.7 Å². The van der Waals surface area contributed by atoms with Crippen LogP contribution in [0.25, 0.3) is 0 Å². The first-order valence-electron chi connectivity index (χ1n) is 6.56. The molecule has 5 heteroatoms. The Morgan fingerprint density at radius 2 is 2.11 bits per heavy atom. The maximum absolute atomic E-state index is 13.1. The van der Waals surface area contributed by atoms with Gasteiger partial charge in [-0.1, -0.05) is 19.9 Å². The molecule has 0 aliphatic carbocycles. The van der Waals surface area contributed by atoms with Gasteiger partial charge in [0.05, 0.1) is 6.61 Å². The fraction of sp³-hybridized carbons (Fsp3) is 0.500. The minimum atomic E-state index is -0.394. The van der Waals surface area contributed by atoms with E-state index in [0.29, 0.717) is 5.69 Å². The smallest absolute Gasteiger partial charge is 0.322 e. The van der Waals surface area contributed by atoms with Crippen LogP contribution < -0.4 is 5.32 Å². The van der Waals surface area contributed by atoms with Crippen molar-refractivity contribution in [2.75, 3.05) is 18.5 Å². The SMILES string of the molecule is CCC(CC)N(CCO)C(=O)Nc1cccc(F)c1. The zero-order valence-electron chi connectivity index (χ0n) is 11.4. The minimum absolute atomic E-state index is 0.0701. The number of carbonyl (C=O) groups excluding carboxylic acids is 1. The van der Waals surface area contributed by atoms with Crippen LogP contribution in [-0.4, -0.2) is 35.2 Å². The number of hydrogen-bond acceptors (Lipinski definition) is 2. The fourth-order valence-corrected chi connectivity index (χ4v) is 2.05. The van der Waals surface area contributed by atoms with Crippen molar-refractivity contribution in [2.24, 2.45) is 0 Å². The van der Waals surface area contributed by atoms with Gasteiger partial charge in [0.2, 0.25) is 0 Å². The van der Waals surface area contributed by atoms with E-state index >= 15 is 0 Å². The molecular weight excluding hydrogens is 247 g/mol. The van der Waals surface area contributed by atoms with E-state index < -0.39 is 5.82 Å². The van der Waals surface area contributed by atoms with Crippen LogP contribution in [0.4, 0.5) is 14.9 Å². The molecule has 1 aromatic carbocycles. The lowest BCUT2D eigenvalue weighted by Gasteiger charge is -2.30. The number of nitrogens with zero attached hydrogens (tertiary/aromatic N) is 1. The molecule has 0 aromatic heterocycles. The van der Waals surface area contributed by atoms with Gasteiger partial charge in [0, 0.05) is 18.3 Å². The van der Waals surface area contributed by atoms with E-state index in [1.807, 2.05) is 13.8 Å². The molecule has 0 bridgehead atoms. The number of benzene rings is 1. The van der Waals surface area contributed by atoms with Crippen molar-refractivity contribution < 1.29 is 14.3 Å². The van der Waals surface area contributed by atoms with Gasteiger partial charge in [0.25, 0.3) is 0 Å². The molecule has 4 nitrogen and oxygen atoms in total. The molecular formula is C14H21FN2O2. The number of amides is 2. The Kier molecular flexibility index (Phi) is 6.29. The quantitative estimate of drug-likeness (QED) is 0.833. The summed E-state index contributed by atoms with van der Waals surface area (Å²) < 4.78 is 13.1. The number of rotatable bonds is 6. The van der Waals surface area contributed by atoms with Crippen LogP contribution in [0.2, 0.25) is 0 Å². The normalized spacial score (nSPS) is 10.6. The monoisotopic (exact) mass is 268 g/mol. The zero-order chi connectivity index (χ0) is 14.3. The molecule has 0 unspecified atom stereocenters. The Labute approximate surface area is 113 Å². The van der Waals surface area contributed by atoms with Crippen molar-refractivity contribution >= 4 is 11.7 Å². The number of urea groups is 1. The van der Waals surface area contributed by atoms with Gasteiger partial charge in [-0.3, -0.25) is 0 Å². The third-order valence-electron chi connectivity index (χ3n) is 3.06. The highest BCUT2D eigenvalue weighted by Crippen LogP contribution is 2.13. The van der Waals surface area contributed by atoms with Gasteiger partial charge in [-0.05, 0) is 31.0 Å². The van der Waals surface area contributed by atoms with Crippen molar-refractivity contribution in [3.63, 3.8) is 0 Å². The predicted octanol–water partition coefficient (Wildman–Crippen LogP) is 2.84. The second kappa shape index (κ2) is 7.74. The van der Waals surface area contributed by atoms with Crippen LogP contribution in [0.1, 0.15) is 26.7 Å². The van der Waals surface area contributed by atoms with E-state index in [4.69, 9.17) is 5.11 Å². The van der Waals surface area contributed by atoms with E-state index in [2.05, 4.69) is 5.32 Å². The summed E-state index contributed by atoms with van der Waals surface area (Å²) in [5.41, 5.74) is 0.416. The molecule has 0 fully saturated rings. The summed E-state index contributed by atoms with van der Waals surface area (Å²) in [6.45, 7) is 4.17. The van der Waals surface area contributed by atoms with E-state index in [9.17, 15) is 9.18 Å². The Bertz CT molecular complexity index is 408. The van der Waals surface area contributed by atoms with Crippen LogP contribution in [0, 0.1) is 5.82 Å². The molecule has 0 aliphatic rings. The Balaban J connectivity index is 2.76. The van der Waals surface area contributed by atoms with Gasteiger partial charge in [-0.15, -0.1) is 0 Å². The minimum Gasteiger partial charge on any atom is -0.395 e. The first-order valence-corrected chi connectivity index (χ1v) is 6.56. The largest absolute Gasteiger partial charge is 0.395 e. The second-order valence-corrected chi connectivity index (χ2v) is 4.33. The van der Waals surface area contributed by atoms with Gasteiger partial charge >= 0.3 is 6.03 Å². The van der Waals surface area contributed by atoms with E-state index in [-0.39, 0.29) is 25.2 Å². The maximum Gasteiger partial charge on any atom is 0.322 e. The summed E-state index contributed by atoms with van der Waals surface area (Å²) in [5.74, 6) is -0.394. The molecule has 0 aliphatic heterocycles. The Hall–Kier alpha value is -1.62. The van der Waals surface area contributed by atoms with Gasteiger partial charge < -0.3 is 15.3 Å². The molecule has 0 saturated carbocycles. The molecule has 0 heterocycles. The summed E-state index contributed by atoms with van der Waals surface area (Å²) in [6, 6.07) is 5.52. The number of halogens is 1. The summed E-state index contributed by atoms with van der Waals surface area (Å²) in [4.78, 5) is 13.7. The van der Waals surface area contributed by atoms with E-state index in [0.717, 1.165) is 12.8 Å². The van der Waals surface area contributed by atoms with Gasteiger partial charge in [-0.25, -0.2) is 9.18 Å². The number of hydrogen-bond donors (Lipinski definition) is 2. The van der Waals surface area contributed by atoms with Gasteiger partial charge in [0.15, 0.2) is 0 Å². The molecule has 19 heavy (non-hydrogen) atoms. The Morgan fingerprint density at radius 3 is 2.63 bits per heavy atom. The van der Waals surface area contributed by atoms with Crippen molar-refractivity contribution in [3.05, 3.63) is 30.1 Å². The molecule has 106 valence electrons. The predicted molar refractivity (Wildman–Crippen MR) is 73.6 cm³/mol. The van der Waals surface area contributed by atoms with E-state index in [1.54, 1.807) is 17.0 Å². The summed E-state index contributed by atoms with van der Waals surface area (Å²) >= 11 is 0. The number of carbonyl (C=O) groups is 1. The Morgan fingerprint density at radius 1 is 1.42 bits per heavy atom. The lowest BCUT2D eigenvalue weighted by Crippen LogP contribution is -2.44. The van der Waals surface area contributed by atoms with Crippen molar-refractivity contribution in [1.29, 1.82) is 0 Å². The molecule has 0 atom stereocenters. The standard InChI is InChI=1S/C14H21FN2O2/c1-3-13(4-2)17(8-9-18)14(19)16-12-7-5-6-11(15)10-12/h5-7,10,13,18H,3-4,8-9H2,1-2H3,(H,16,19). The van der Waals surface area contributed by atoms with Crippen LogP contribution >= 0.6 is 0 Å². The summed E-state index contributed by atoms with van der Waals surface area (Å²) in [7, 11) is 0. The molecule has 1 rings (SSSR count). The first-order chi connectivity index (χ1) is 9.12. The highest BCUT2D eigenvalue weighted by molar-refractivity contribution is 5.89. The molecule has 0 saturated heterocycles. The van der Waals surface area contributed by atoms with Gasteiger partial charge in [0.1, 0.15) is 5.82 Å². The number of aliphatic hydroxyl groups is 1. The molecule has 1 aromatic rings. The third-order valence-corrected chi connectivity index (χ3v) is 3.06. The maximum atomic E-state index is 13.1. The number of nitrogens with one attached hydrogen (secondary N) is 1. The topological polar surface area (TPSA) is 52.6 Å². The van der Waals surface area contributed by atoms with Crippen molar-refractivity contribution in [3.8, 4) is 0 Å². The van der Waals surface area contributed by atoms with Crippen LogP contribution in [0.5, 0.6) is 0 Å². The summed E-state index contributed by atoms with van der Waals surface area (Å²) in [5, 5.41) is 11.7. The molecule has 2 amide bonds. The summed E-state index contributed by atoms with van der Waals surface area (Å²) in [6.07, 6.45) is 1.63. The molecule has 0 radical (unpaired) electrons. The molecule has 0 spiro atoms. The van der Waals surface area contributed by atoms with Crippen LogP contribution in [-0.2, 0) is 0 Å².